The summed E-state index contributed by atoms with van der Waals surface area (Å²) >= 11 is 0. The summed E-state index contributed by atoms with van der Waals surface area (Å²) in [4.78, 5) is 41.3. The zero-order valence-corrected chi connectivity index (χ0v) is 24.6. The first-order valence-corrected chi connectivity index (χ1v) is 15.1. The van der Waals surface area contributed by atoms with Crippen LogP contribution < -0.4 is 5.32 Å². The molecular formula is C33H46N4O4. The standard InChI is InChI=1S/C33H46N4O4/c1-33(2,24-34-31(39)21-30(37(41)25-38)20-26-8-6-7-9-26)22-32(40)36-18-16-35(17-19-36)23-27-12-14-29(15-13-27)28-10-4-3-5-11-28/h3-5,10-15,25-26,30,41H,6-9,16-24H2,1-2H3,(H,34,39). The maximum absolute atomic E-state index is 13.1. The Balaban J connectivity index is 1.18. The molecule has 1 aliphatic heterocycles. The van der Waals surface area contributed by atoms with Gasteiger partial charge in [0.2, 0.25) is 18.2 Å². The topological polar surface area (TPSA) is 93.2 Å². The minimum Gasteiger partial charge on any atom is -0.355 e. The molecule has 2 aromatic rings. The van der Waals surface area contributed by atoms with E-state index in [9.17, 15) is 19.6 Å². The molecule has 2 aromatic carbocycles. The Morgan fingerprint density at radius 1 is 1.00 bits per heavy atom. The molecule has 2 fully saturated rings. The van der Waals surface area contributed by atoms with Gasteiger partial charge in [-0.3, -0.25) is 24.5 Å². The van der Waals surface area contributed by atoms with Crippen molar-refractivity contribution in [2.24, 2.45) is 11.3 Å². The molecule has 0 radical (unpaired) electrons. The summed E-state index contributed by atoms with van der Waals surface area (Å²) in [6, 6.07) is 18.6. The van der Waals surface area contributed by atoms with Crippen LogP contribution in [0.15, 0.2) is 54.6 Å². The van der Waals surface area contributed by atoms with Crippen molar-refractivity contribution in [2.75, 3.05) is 32.7 Å². The summed E-state index contributed by atoms with van der Waals surface area (Å²) in [6.45, 7) is 8.26. The summed E-state index contributed by atoms with van der Waals surface area (Å²) in [5.74, 6) is 0.342. The molecule has 8 nitrogen and oxygen atoms in total. The fraction of sp³-hybridized carbons (Fsp3) is 0.545. The third kappa shape index (κ3) is 9.40. The maximum atomic E-state index is 13.1. The second kappa shape index (κ2) is 14.6. The molecule has 2 aliphatic rings. The van der Waals surface area contributed by atoms with Crippen molar-refractivity contribution in [3.8, 4) is 11.1 Å². The number of carbonyl (C=O) groups excluding carboxylic acids is 3. The summed E-state index contributed by atoms with van der Waals surface area (Å²) < 4.78 is 0. The van der Waals surface area contributed by atoms with Crippen molar-refractivity contribution >= 4 is 18.2 Å². The SMILES string of the molecule is CC(C)(CNC(=O)CC(CC1CCCC1)N(O)C=O)CC(=O)N1CCN(Cc2ccc(-c3ccccc3)cc2)CC1. The molecule has 1 atom stereocenters. The predicted molar refractivity (Wildman–Crippen MR) is 160 cm³/mol. The monoisotopic (exact) mass is 562 g/mol. The van der Waals surface area contributed by atoms with Crippen LogP contribution in [0.2, 0.25) is 0 Å². The molecule has 1 unspecified atom stereocenters. The first kappa shape index (κ1) is 30.7. The zero-order valence-electron chi connectivity index (χ0n) is 24.6. The molecule has 4 rings (SSSR count). The van der Waals surface area contributed by atoms with Gasteiger partial charge >= 0.3 is 0 Å². The van der Waals surface area contributed by atoms with E-state index in [1.807, 2.05) is 24.8 Å². The van der Waals surface area contributed by atoms with E-state index in [1.54, 1.807) is 0 Å². The Hall–Kier alpha value is -3.23. The van der Waals surface area contributed by atoms with Crippen LogP contribution in [0.1, 0.15) is 64.4 Å². The maximum Gasteiger partial charge on any atom is 0.233 e. The zero-order chi connectivity index (χ0) is 29.2. The lowest BCUT2D eigenvalue weighted by molar-refractivity contribution is -0.163. The Kier molecular flexibility index (Phi) is 10.9. The van der Waals surface area contributed by atoms with E-state index in [0.717, 1.165) is 45.3 Å². The molecule has 8 heteroatoms. The first-order valence-electron chi connectivity index (χ1n) is 15.1. The molecule has 1 heterocycles. The summed E-state index contributed by atoms with van der Waals surface area (Å²) in [5.41, 5.74) is 3.29. The van der Waals surface area contributed by atoms with Crippen LogP contribution in [0.3, 0.4) is 0 Å². The van der Waals surface area contributed by atoms with Crippen LogP contribution in [0.5, 0.6) is 0 Å². The van der Waals surface area contributed by atoms with Gasteiger partial charge in [-0.15, -0.1) is 0 Å². The van der Waals surface area contributed by atoms with Crippen molar-refractivity contribution in [1.82, 2.24) is 20.2 Å². The Morgan fingerprint density at radius 3 is 2.27 bits per heavy atom. The normalized spacial score (nSPS) is 17.3. The lowest BCUT2D eigenvalue weighted by Gasteiger charge is -2.36. The highest BCUT2D eigenvalue weighted by Gasteiger charge is 2.30. The number of hydrogen-bond donors (Lipinski definition) is 2. The number of carbonyl (C=O) groups is 3. The van der Waals surface area contributed by atoms with E-state index < -0.39 is 11.5 Å². The van der Waals surface area contributed by atoms with Crippen molar-refractivity contribution in [3.63, 3.8) is 0 Å². The summed E-state index contributed by atoms with van der Waals surface area (Å²) in [7, 11) is 0. The smallest absolute Gasteiger partial charge is 0.233 e. The number of piperazine rings is 1. The van der Waals surface area contributed by atoms with Gasteiger partial charge in [-0.2, -0.15) is 0 Å². The van der Waals surface area contributed by atoms with Crippen LogP contribution in [0.25, 0.3) is 11.1 Å². The Bertz CT molecular complexity index is 1120. The third-order valence-electron chi connectivity index (χ3n) is 8.57. The summed E-state index contributed by atoms with van der Waals surface area (Å²) in [6.07, 6.45) is 5.91. The lowest BCUT2D eigenvalue weighted by atomic mass is 9.88. The van der Waals surface area contributed by atoms with Gasteiger partial charge in [0.15, 0.2) is 0 Å². The van der Waals surface area contributed by atoms with Gasteiger partial charge in [-0.25, -0.2) is 5.06 Å². The quantitative estimate of drug-likeness (QED) is 0.209. The number of rotatable bonds is 13. The molecular weight excluding hydrogens is 516 g/mol. The van der Waals surface area contributed by atoms with Crippen LogP contribution >= 0.6 is 0 Å². The molecule has 0 aromatic heterocycles. The molecule has 0 spiro atoms. The number of nitrogens with one attached hydrogen (secondary N) is 1. The molecule has 3 amide bonds. The highest BCUT2D eigenvalue weighted by atomic mass is 16.5. The van der Waals surface area contributed by atoms with Crippen LogP contribution in [0.4, 0.5) is 0 Å². The van der Waals surface area contributed by atoms with E-state index in [4.69, 9.17) is 0 Å². The summed E-state index contributed by atoms with van der Waals surface area (Å²) in [5, 5.41) is 13.6. The predicted octanol–water partition coefficient (Wildman–Crippen LogP) is 4.72. The number of hydroxylamine groups is 2. The first-order chi connectivity index (χ1) is 19.7. The molecule has 1 saturated heterocycles. The number of benzene rings is 2. The van der Waals surface area contributed by atoms with Crippen LogP contribution in [-0.4, -0.2) is 77.1 Å². The van der Waals surface area contributed by atoms with Gasteiger partial charge in [-0.05, 0) is 34.4 Å². The average Bonchev–Trinajstić information content (AvgIpc) is 3.50. The third-order valence-corrected chi connectivity index (χ3v) is 8.57. The van der Waals surface area contributed by atoms with Gasteiger partial charge in [0.1, 0.15) is 0 Å². The number of nitrogens with zero attached hydrogens (tertiary/aromatic N) is 3. The van der Waals surface area contributed by atoms with E-state index in [1.165, 1.54) is 16.7 Å². The Morgan fingerprint density at radius 2 is 1.63 bits per heavy atom. The second-order valence-corrected chi connectivity index (χ2v) is 12.6. The lowest BCUT2D eigenvalue weighted by Crippen LogP contribution is -2.49. The highest BCUT2D eigenvalue weighted by Crippen LogP contribution is 2.30. The second-order valence-electron chi connectivity index (χ2n) is 12.6. The van der Waals surface area contributed by atoms with Gasteiger partial charge in [0.05, 0.1) is 6.04 Å². The van der Waals surface area contributed by atoms with Gasteiger partial charge in [-0.1, -0.05) is 94.1 Å². The number of amides is 3. The van der Waals surface area contributed by atoms with E-state index in [2.05, 4.69) is 58.7 Å². The fourth-order valence-electron chi connectivity index (χ4n) is 6.06. The van der Waals surface area contributed by atoms with Crippen LogP contribution in [-0.2, 0) is 20.9 Å². The largest absolute Gasteiger partial charge is 0.355 e. The molecule has 1 saturated carbocycles. The molecule has 222 valence electrons. The molecule has 2 N–H and O–H groups in total. The van der Waals surface area contributed by atoms with E-state index in [-0.39, 0.29) is 18.2 Å². The van der Waals surface area contributed by atoms with E-state index in [0.29, 0.717) is 49.9 Å². The Labute approximate surface area is 244 Å². The minimum absolute atomic E-state index is 0.0622. The molecule has 41 heavy (non-hydrogen) atoms. The average molecular weight is 563 g/mol. The number of hydrogen-bond acceptors (Lipinski definition) is 5. The van der Waals surface area contributed by atoms with Crippen molar-refractivity contribution < 1.29 is 19.6 Å². The van der Waals surface area contributed by atoms with Gasteiger partial charge < -0.3 is 10.2 Å². The highest BCUT2D eigenvalue weighted by molar-refractivity contribution is 5.78. The van der Waals surface area contributed by atoms with Gasteiger partial charge in [0.25, 0.3) is 0 Å². The van der Waals surface area contributed by atoms with Crippen LogP contribution in [0, 0.1) is 11.3 Å². The van der Waals surface area contributed by atoms with Crippen molar-refractivity contribution in [1.29, 1.82) is 0 Å². The molecule has 0 bridgehead atoms. The van der Waals surface area contributed by atoms with E-state index >= 15 is 0 Å². The molecule has 1 aliphatic carbocycles. The van der Waals surface area contributed by atoms with Gasteiger partial charge in [0, 0.05) is 52.1 Å². The van der Waals surface area contributed by atoms with Crippen molar-refractivity contribution in [2.45, 2.75) is 71.4 Å². The minimum atomic E-state index is -0.515. The fourth-order valence-corrected chi connectivity index (χ4v) is 6.06. The van der Waals surface area contributed by atoms with Crippen molar-refractivity contribution in [3.05, 3.63) is 60.2 Å².